The maximum Gasteiger partial charge on any atom is -0.00142 e. The molecule has 1 aliphatic carbocycles. The molecule has 1 N–H and O–H groups in total. The van der Waals surface area contributed by atoms with Gasteiger partial charge in [0.05, 0.1) is 0 Å². The average molecular weight is 221 g/mol. The summed E-state index contributed by atoms with van der Waals surface area (Å²) in [7, 11) is 0. The van der Waals surface area contributed by atoms with Crippen molar-refractivity contribution in [2.24, 2.45) is 11.8 Å². The van der Waals surface area contributed by atoms with Gasteiger partial charge in [-0.2, -0.15) is 0 Å². The van der Waals surface area contributed by atoms with Crippen molar-refractivity contribution in [2.45, 2.75) is 58.3 Å². The molecule has 1 nitrogen and oxygen atoms in total. The molecule has 0 amide bonds. The number of allylic oxidation sites excluding steroid dienone is 1. The minimum atomic E-state index is 0.915. The average Bonchev–Trinajstić information content (AvgIpc) is 2.34. The normalized spacial score (nSPS) is 32.7. The third-order valence-electron chi connectivity index (χ3n) is 4.40. The Morgan fingerprint density at radius 3 is 2.88 bits per heavy atom. The van der Waals surface area contributed by atoms with Crippen LogP contribution in [0.1, 0.15) is 58.3 Å². The fourth-order valence-corrected chi connectivity index (χ4v) is 3.47. The molecule has 16 heavy (non-hydrogen) atoms. The molecular weight excluding hydrogens is 194 g/mol. The molecule has 1 heterocycles. The molecule has 1 heteroatoms. The van der Waals surface area contributed by atoms with Gasteiger partial charge in [0.25, 0.3) is 0 Å². The topological polar surface area (TPSA) is 12.0 Å². The van der Waals surface area contributed by atoms with Gasteiger partial charge in [-0.3, -0.25) is 0 Å². The molecule has 1 fully saturated rings. The molecule has 1 aliphatic heterocycles. The summed E-state index contributed by atoms with van der Waals surface area (Å²) in [6, 6.07) is 0. The molecule has 0 radical (unpaired) electrons. The van der Waals surface area contributed by atoms with Crippen molar-refractivity contribution in [3.63, 3.8) is 0 Å². The van der Waals surface area contributed by atoms with Crippen molar-refractivity contribution >= 4 is 0 Å². The molecule has 1 saturated carbocycles. The third kappa shape index (κ3) is 3.10. The van der Waals surface area contributed by atoms with E-state index in [0.29, 0.717) is 0 Å². The first-order valence-electron chi connectivity index (χ1n) is 7.32. The summed E-state index contributed by atoms with van der Waals surface area (Å²) in [6.45, 7) is 4.78. The van der Waals surface area contributed by atoms with Crippen molar-refractivity contribution in [1.29, 1.82) is 0 Å². The summed E-state index contributed by atoms with van der Waals surface area (Å²) >= 11 is 0. The smallest absolute Gasteiger partial charge is 0.00142 e. The zero-order chi connectivity index (χ0) is 11.2. The standard InChI is InChI=1S/C15H27N/c1-2-13-8-5-9-14-7-3-4-11-16-12-6-10-15(13)14/h10,13-14,16H,2-9,11-12H2,1H3. The number of hydrogen-bond donors (Lipinski definition) is 1. The summed E-state index contributed by atoms with van der Waals surface area (Å²) in [6.07, 6.45) is 13.8. The van der Waals surface area contributed by atoms with Crippen LogP contribution >= 0.6 is 0 Å². The molecule has 92 valence electrons. The van der Waals surface area contributed by atoms with Crippen LogP contribution in [0.3, 0.4) is 0 Å². The monoisotopic (exact) mass is 221 g/mol. The Balaban J connectivity index is 2.05. The molecule has 0 aromatic rings. The molecule has 0 bridgehead atoms. The lowest BCUT2D eigenvalue weighted by molar-refractivity contribution is 0.334. The highest BCUT2D eigenvalue weighted by Gasteiger charge is 2.25. The highest BCUT2D eigenvalue weighted by molar-refractivity contribution is 5.13. The Morgan fingerprint density at radius 2 is 2.00 bits per heavy atom. The zero-order valence-corrected chi connectivity index (χ0v) is 10.8. The highest BCUT2D eigenvalue weighted by Crippen LogP contribution is 2.39. The lowest BCUT2D eigenvalue weighted by atomic mass is 9.73. The van der Waals surface area contributed by atoms with Gasteiger partial charge >= 0.3 is 0 Å². The first-order chi connectivity index (χ1) is 7.92. The van der Waals surface area contributed by atoms with Crippen molar-refractivity contribution in [3.05, 3.63) is 11.6 Å². The summed E-state index contributed by atoms with van der Waals surface area (Å²) in [5.74, 6) is 1.86. The quantitative estimate of drug-likeness (QED) is 0.662. The number of rotatable bonds is 1. The van der Waals surface area contributed by atoms with E-state index in [1.807, 2.05) is 5.57 Å². The summed E-state index contributed by atoms with van der Waals surface area (Å²) in [4.78, 5) is 0. The van der Waals surface area contributed by atoms with Crippen LogP contribution in [0.15, 0.2) is 11.6 Å². The molecule has 0 spiro atoms. The third-order valence-corrected chi connectivity index (χ3v) is 4.40. The maximum atomic E-state index is 3.54. The number of nitrogens with one attached hydrogen (secondary N) is 1. The fraction of sp³-hybridized carbons (Fsp3) is 0.867. The van der Waals surface area contributed by atoms with Gasteiger partial charge in [0, 0.05) is 0 Å². The van der Waals surface area contributed by atoms with Gasteiger partial charge in [0.2, 0.25) is 0 Å². The van der Waals surface area contributed by atoms with E-state index in [0.717, 1.165) is 11.8 Å². The summed E-state index contributed by atoms with van der Waals surface area (Å²) in [5.41, 5.74) is 1.83. The molecule has 0 aromatic heterocycles. The SMILES string of the molecule is CCC1CCCC2CCCCNCCC=C12. The Hall–Kier alpha value is -0.300. The summed E-state index contributed by atoms with van der Waals surface area (Å²) in [5, 5.41) is 3.54. The van der Waals surface area contributed by atoms with Crippen molar-refractivity contribution in [2.75, 3.05) is 13.1 Å². The van der Waals surface area contributed by atoms with Gasteiger partial charge in [0.15, 0.2) is 0 Å². The Labute approximate surface area is 101 Å². The van der Waals surface area contributed by atoms with Crippen molar-refractivity contribution < 1.29 is 0 Å². The number of hydrogen-bond acceptors (Lipinski definition) is 1. The van der Waals surface area contributed by atoms with Crippen molar-refractivity contribution in [1.82, 2.24) is 5.32 Å². The Kier molecular flexibility index (Phi) is 4.90. The molecule has 2 aliphatic rings. The van der Waals surface area contributed by atoms with Gasteiger partial charge in [-0.15, -0.1) is 0 Å². The van der Waals surface area contributed by atoms with Gasteiger partial charge in [0.1, 0.15) is 0 Å². The molecular formula is C15H27N. The van der Waals surface area contributed by atoms with E-state index in [2.05, 4.69) is 18.3 Å². The van der Waals surface area contributed by atoms with E-state index < -0.39 is 0 Å². The van der Waals surface area contributed by atoms with E-state index in [1.54, 1.807) is 0 Å². The van der Waals surface area contributed by atoms with Gasteiger partial charge in [-0.05, 0) is 63.5 Å². The van der Waals surface area contributed by atoms with Crippen LogP contribution in [0.4, 0.5) is 0 Å². The largest absolute Gasteiger partial charge is 0.316 e. The van der Waals surface area contributed by atoms with Crippen LogP contribution < -0.4 is 5.32 Å². The van der Waals surface area contributed by atoms with Crippen LogP contribution in [0, 0.1) is 11.8 Å². The van der Waals surface area contributed by atoms with Gasteiger partial charge in [-0.25, -0.2) is 0 Å². The van der Waals surface area contributed by atoms with E-state index in [1.165, 1.54) is 64.5 Å². The maximum absolute atomic E-state index is 3.54. The Morgan fingerprint density at radius 1 is 1.12 bits per heavy atom. The second-order valence-corrected chi connectivity index (χ2v) is 5.47. The Bertz CT molecular complexity index is 232. The van der Waals surface area contributed by atoms with Crippen LogP contribution in [-0.4, -0.2) is 13.1 Å². The molecule has 0 saturated heterocycles. The van der Waals surface area contributed by atoms with Crippen LogP contribution in [0.5, 0.6) is 0 Å². The second-order valence-electron chi connectivity index (χ2n) is 5.47. The van der Waals surface area contributed by atoms with Crippen LogP contribution in [-0.2, 0) is 0 Å². The van der Waals surface area contributed by atoms with E-state index in [9.17, 15) is 0 Å². The minimum absolute atomic E-state index is 0.915. The van der Waals surface area contributed by atoms with Gasteiger partial charge < -0.3 is 5.32 Å². The van der Waals surface area contributed by atoms with Crippen LogP contribution in [0.2, 0.25) is 0 Å². The van der Waals surface area contributed by atoms with Crippen molar-refractivity contribution in [3.8, 4) is 0 Å². The first-order valence-corrected chi connectivity index (χ1v) is 7.32. The molecule has 2 atom stereocenters. The zero-order valence-electron chi connectivity index (χ0n) is 10.8. The van der Waals surface area contributed by atoms with E-state index in [4.69, 9.17) is 0 Å². The van der Waals surface area contributed by atoms with E-state index in [-0.39, 0.29) is 0 Å². The van der Waals surface area contributed by atoms with Gasteiger partial charge in [-0.1, -0.05) is 31.4 Å². The van der Waals surface area contributed by atoms with E-state index >= 15 is 0 Å². The molecule has 0 aromatic carbocycles. The second kappa shape index (κ2) is 6.44. The predicted octanol–water partition coefficient (Wildman–Crippen LogP) is 3.90. The van der Waals surface area contributed by atoms with Crippen LogP contribution in [0.25, 0.3) is 0 Å². The lowest BCUT2D eigenvalue weighted by Crippen LogP contribution is -2.22. The molecule has 2 rings (SSSR count). The summed E-state index contributed by atoms with van der Waals surface area (Å²) < 4.78 is 0. The lowest BCUT2D eigenvalue weighted by Gasteiger charge is -2.33. The first kappa shape index (κ1) is 12.2. The number of fused-ring (bicyclic) bond motifs is 1. The highest BCUT2D eigenvalue weighted by atomic mass is 14.8. The molecule has 2 unspecified atom stereocenters. The minimum Gasteiger partial charge on any atom is -0.316 e. The predicted molar refractivity (Wildman–Crippen MR) is 70.5 cm³/mol. The fourth-order valence-electron chi connectivity index (χ4n) is 3.47.